The summed E-state index contributed by atoms with van der Waals surface area (Å²) in [5.74, 6) is -0.463. The van der Waals surface area contributed by atoms with E-state index in [1.807, 2.05) is 42.5 Å². The summed E-state index contributed by atoms with van der Waals surface area (Å²) in [6.45, 7) is 0.461. The highest BCUT2D eigenvalue weighted by Crippen LogP contribution is 2.35. The Morgan fingerprint density at radius 2 is 1.82 bits per heavy atom. The highest BCUT2D eigenvalue weighted by Gasteiger charge is 2.52. The molecule has 1 aliphatic carbocycles. The summed E-state index contributed by atoms with van der Waals surface area (Å²) >= 11 is 0. The molecule has 1 saturated heterocycles. The van der Waals surface area contributed by atoms with Crippen LogP contribution in [0.3, 0.4) is 0 Å². The monoisotopic (exact) mass is 380 g/mol. The number of carbonyl (C=O) groups excluding carboxylic acids is 3. The molecular weight excluding hydrogens is 356 g/mol. The number of nitrogens with zero attached hydrogens (tertiary/aromatic N) is 1. The van der Waals surface area contributed by atoms with Crippen LogP contribution >= 0.6 is 0 Å². The minimum Gasteiger partial charge on any atom is -0.461 e. The second kappa shape index (κ2) is 7.62. The van der Waals surface area contributed by atoms with E-state index in [4.69, 9.17) is 4.74 Å². The van der Waals surface area contributed by atoms with E-state index in [1.165, 1.54) is 4.90 Å². The zero-order chi connectivity index (χ0) is 19.6. The molecule has 6 heteroatoms. The second-order valence-electron chi connectivity index (χ2n) is 7.58. The standard InChI is InChI=1S/C22H24N2O4/c25-19(28-15-17-9-5-8-16-7-1-2-10-18(16)17)11-6-14-24-20(26)22(23-21(24)27)12-3-4-13-22/h1-2,5,7-10H,3-4,6,11-15H2,(H,23,27). The number of rotatable bonds is 6. The molecule has 146 valence electrons. The van der Waals surface area contributed by atoms with E-state index in [0.29, 0.717) is 19.3 Å². The van der Waals surface area contributed by atoms with Gasteiger partial charge in [-0.05, 0) is 35.6 Å². The topological polar surface area (TPSA) is 75.7 Å². The Morgan fingerprint density at radius 1 is 1.07 bits per heavy atom. The predicted octanol–water partition coefficient (Wildman–Crippen LogP) is 3.53. The van der Waals surface area contributed by atoms with Crippen molar-refractivity contribution < 1.29 is 19.1 Å². The van der Waals surface area contributed by atoms with Gasteiger partial charge in [0.15, 0.2) is 0 Å². The first-order valence-corrected chi connectivity index (χ1v) is 9.85. The number of hydrogen-bond donors (Lipinski definition) is 1. The van der Waals surface area contributed by atoms with Crippen molar-refractivity contribution in [3.8, 4) is 0 Å². The van der Waals surface area contributed by atoms with E-state index in [0.717, 1.165) is 29.2 Å². The number of urea groups is 1. The molecule has 4 rings (SSSR count). The first-order valence-electron chi connectivity index (χ1n) is 9.85. The molecule has 0 radical (unpaired) electrons. The van der Waals surface area contributed by atoms with Gasteiger partial charge in [-0.25, -0.2) is 4.79 Å². The Labute approximate surface area is 163 Å². The van der Waals surface area contributed by atoms with Gasteiger partial charge in [0.05, 0.1) is 0 Å². The summed E-state index contributed by atoms with van der Waals surface area (Å²) in [6, 6.07) is 13.6. The van der Waals surface area contributed by atoms with E-state index in [1.54, 1.807) is 0 Å². The van der Waals surface area contributed by atoms with E-state index in [9.17, 15) is 14.4 Å². The van der Waals surface area contributed by atoms with Crippen LogP contribution in [0.5, 0.6) is 0 Å². The minimum absolute atomic E-state index is 0.140. The fourth-order valence-electron chi connectivity index (χ4n) is 4.23. The van der Waals surface area contributed by atoms with Crippen LogP contribution in [0.1, 0.15) is 44.1 Å². The van der Waals surface area contributed by atoms with Crippen LogP contribution in [-0.2, 0) is 20.9 Å². The van der Waals surface area contributed by atoms with E-state index < -0.39 is 5.54 Å². The van der Waals surface area contributed by atoms with Crippen molar-refractivity contribution in [1.82, 2.24) is 10.2 Å². The third-order valence-electron chi connectivity index (χ3n) is 5.73. The van der Waals surface area contributed by atoms with Gasteiger partial charge in [0.25, 0.3) is 5.91 Å². The van der Waals surface area contributed by atoms with Gasteiger partial charge in [-0.1, -0.05) is 55.3 Å². The molecule has 0 unspecified atom stereocenters. The SMILES string of the molecule is O=C(CCCN1C(=O)NC2(CCCC2)C1=O)OCc1cccc2ccccc12. The molecule has 0 bridgehead atoms. The van der Waals surface area contributed by atoms with Crippen molar-refractivity contribution in [2.45, 2.75) is 50.7 Å². The maximum Gasteiger partial charge on any atom is 0.325 e. The molecule has 28 heavy (non-hydrogen) atoms. The van der Waals surface area contributed by atoms with Crippen LogP contribution in [0.2, 0.25) is 0 Å². The Hall–Kier alpha value is -2.89. The smallest absolute Gasteiger partial charge is 0.325 e. The lowest BCUT2D eigenvalue weighted by Gasteiger charge is -2.19. The number of benzene rings is 2. The summed E-state index contributed by atoms with van der Waals surface area (Å²) in [5.41, 5.74) is 0.273. The number of fused-ring (bicyclic) bond motifs is 1. The molecule has 0 atom stereocenters. The highest BCUT2D eigenvalue weighted by molar-refractivity contribution is 6.07. The fraction of sp³-hybridized carbons (Fsp3) is 0.409. The molecule has 1 saturated carbocycles. The second-order valence-corrected chi connectivity index (χ2v) is 7.58. The molecule has 3 amide bonds. The van der Waals surface area contributed by atoms with Gasteiger partial charge in [0.1, 0.15) is 12.1 Å². The lowest BCUT2D eigenvalue weighted by Crippen LogP contribution is -2.44. The molecule has 6 nitrogen and oxygen atoms in total. The molecule has 2 aromatic rings. The van der Waals surface area contributed by atoms with Crippen LogP contribution in [0.4, 0.5) is 4.79 Å². The predicted molar refractivity (Wildman–Crippen MR) is 104 cm³/mol. The average Bonchev–Trinajstić information content (AvgIpc) is 3.26. The molecule has 1 heterocycles. The Balaban J connectivity index is 1.27. The summed E-state index contributed by atoms with van der Waals surface area (Å²) < 4.78 is 5.40. The lowest BCUT2D eigenvalue weighted by atomic mass is 9.98. The van der Waals surface area contributed by atoms with Crippen molar-refractivity contribution in [2.75, 3.05) is 6.54 Å². The van der Waals surface area contributed by atoms with E-state index >= 15 is 0 Å². The van der Waals surface area contributed by atoms with Crippen LogP contribution in [0, 0.1) is 0 Å². The third-order valence-corrected chi connectivity index (χ3v) is 5.73. The average molecular weight is 380 g/mol. The van der Waals surface area contributed by atoms with Crippen molar-refractivity contribution >= 4 is 28.7 Å². The molecular formula is C22H24N2O4. The van der Waals surface area contributed by atoms with Crippen LogP contribution in [0.15, 0.2) is 42.5 Å². The zero-order valence-corrected chi connectivity index (χ0v) is 15.8. The summed E-state index contributed by atoms with van der Waals surface area (Å²) in [5, 5.41) is 5.03. The Bertz CT molecular complexity index is 912. The first-order chi connectivity index (χ1) is 13.6. The van der Waals surface area contributed by atoms with E-state index in [-0.39, 0.29) is 37.5 Å². The summed E-state index contributed by atoms with van der Waals surface area (Å²) in [7, 11) is 0. The normalized spacial score (nSPS) is 18.1. The molecule has 0 aromatic heterocycles. The van der Waals surface area contributed by atoms with Gasteiger partial charge in [-0.2, -0.15) is 0 Å². The Morgan fingerprint density at radius 3 is 2.64 bits per heavy atom. The largest absolute Gasteiger partial charge is 0.461 e. The summed E-state index contributed by atoms with van der Waals surface area (Å²) in [4.78, 5) is 38.1. The number of esters is 1. The first kappa shape index (κ1) is 18.5. The summed E-state index contributed by atoms with van der Waals surface area (Å²) in [6.07, 6.45) is 3.92. The van der Waals surface area contributed by atoms with Gasteiger partial charge in [0, 0.05) is 13.0 Å². The maximum atomic E-state index is 12.6. The van der Waals surface area contributed by atoms with E-state index in [2.05, 4.69) is 5.32 Å². The highest BCUT2D eigenvalue weighted by atomic mass is 16.5. The quantitative estimate of drug-likeness (QED) is 0.614. The van der Waals surface area contributed by atoms with Crippen LogP contribution in [0.25, 0.3) is 10.8 Å². The number of hydrogen-bond acceptors (Lipinski definition) is 4. The fourth-order valence-corrected chi connectivity index (χ4v) is 4.23. The lowest BCUT2D eigenvalue weighted by molar-refractivity contribution is -0.145. The third kappa shape index (κ3) is 3.46. The number of nitrogens with one attached hydrogen (secondary N) is 1. The minimum atomic E-state index is -0.689. The number of ether oxygens (including phenoxy) is 1. The van der Waals surface area contributed by atoms with Gasteiger partial charge in [-0.15, -0.1) is 0 Å². The van der Waals surface area contributed by atoms with Crippen molar-refractivity contribution in [2.24, 2.45) is 0 Å². The number of carbonyl (C=O) groups is 3. The molecule has 1 aliphatic heterocycles. The molecule has 2 aromatic carbocycles. The molecule has 1 N–H and O–H groups in total. The molecule has 2 aliphatic rings. The van der Waals surface area contributed by atoms with Gasteiger partial charge in [-0.3, -0.25) is 14.5 Å². The Kier molecular flexibility index (Phi) is 5.03. The molecule has 1 spiro atoms. The van der Waals surface area contributed by atoms with Gasteiger partial charge >= 0.3 is 12.0 Å². The zero-order valence-electron chi connectivity index (χ0n) is 15.8. The van der Waals surface area contributed by atoms with Gasteiger partial charge in [0.2, 0.25) is 0 Å². The number of amides is 3. The van der Waals surface area contributed by atoms with Crippen LogP contribution < -0.4 is 5.32 Å². The van der Waals surface area contributed by atoms with Crippen LogP contribution in [-0.4, -0.2) is 34.9 Å². The van der Waals surface area contributed by atoms with Crippen molar-refractivity contribution in [3.05, 3.63) is 48.0 Å². The number of imide groups is 1. The maximum absolute atomic E-state index is 12.6. The van der Waals surface area contributed by atoms with Crippen molar-refractivity contribution in [3.63, 3.8) is 0 Å². The molecule has 2 fully saturated rings. The van der Waals surface area contributed by atoms with Crippen molar-refractivity contribution in [1.29, 1.82) is 0 Å². The van der Waals surface area contributed by atoms with Gasteiger partial charge < -0.3 is 10.1 Å².